The third-order valence-corrected chi connectivity index (χ3v) is 3.50. The summed E-state index contributed by atoms with van der Waals surface area (Å²) in [5.41, 5.74) is 0.580. The van der Waals surface area contributed by atoms with Gasteiger partial charge in [0.25, 0.3) is 5.69 Å². The van der Waals surface area contributed by atoms with Crippen LogP contribution in [0.15, 0.2) is 48.8 Å². The second-order valence-corrected chi connectivity index (χ2v) is 5.49. The molecule has 2 heterocycles. The lowest BCUT2D eigenvalue weighted by Crippen LogP contribution is -2.15. The Hall–Kier alpha value is -4.15. The number of carboxylic acids is 1. The van der Waals surface area contributed by atoms with Crippen molar-refractivity contribution in [1.82, 2.24) is 15.0 Å². The zero-order valence-corrected chi connectivity index (χ0v) is 14.2. The number of hydrogen-bond donors (Lipinski definition) is 3. The molecule has 3 rings (SSSR count). The molecule has 2 aromatic heterocycles. The van der Waals surface area contributed by atoms with E-state index in [4.69, 9.17) is 5.11 Å². The van der Waals surface area contributed by atoms with Crippen LogP contribution in [0.5, 0.6) is 0 Å². The van der Waals surface area contributed by atoms with Crippen LogP contribution in [0.3, 0.4) is 0 Å². The molecule has 11 heteroatoms. The number of nitrogens with one attached hydrogen (secondary N) is 2. The molecule has 0 fully saturated rings. The van der Waals surface area contributed by atoms with E-state index in [1.807, 2.05) is 0 Å². The Morgan fingerprint density at radius 1 is 1.25 bits per heavy atom. The molecule has 3 N–H and O–H groups in total. The highest BCUT2D eigenvalue weighted by molar-refractivity contribution is 5.74. The molecule has 3 aromatic rings. The van der Waals surface area contributed by atoms with Gasteiger partial charge in [0.1, 0.15) is 23.9 Å². The normalized spacial score (nSPS) is 10.3. The van der Waals surface area contributed by atoms with E-state index in [0.717, 1.165) is 12.1 Å². The molecule has 142 valence electrons. The van der Waals surface area contributed by atoms with Gasteiger partial charge < -0.3 is 15.7 Å². The summed E-state index contributed by atoms with van der Waals surface area (Å²) in [5.74, 6) is -1.72. The van der Waals surface area contributed by atoms with Gasteiger partial charge >= 0.3 is 5.97 Å². The van der Waals surface area contributed by atoms with Crippen molar-refractivity contribution >= 4 is 29.1 Å². The second-order valence-electron chi connectivity index (χ2n) is 5.49. The third kappa shape index (κ3) is 4.52. The molecule has 0 spiro atoms. The molecule has 1 aromatic carbocycles. The van der Waals surface area contributed by atoms with Crippen LogP contribution in [0.4, 0.5) is 27.5 Å². The molecule has 0 aliphatic carbocycles. The number of anilines is 3. The fourth-order valence-electron chi connectivity index (χ4n) is 2.31. The lowest BCUT2D eigenvalue weighted by molar-refractivity contribution is -0.384. The predicted octanol–water partition coefficient (Wildman–Crippen LogP) is 2.83. The summed E-state index contributed by atoms with van der Waals surface area (Å²) in [5, 5.41) is 25.3. The minimum atomic E-state index is -1.11. The molecule has 0 radical (unpaired) electrons. The average molecular weight is 384 g/mol. The number of aromatic nitrogens is 3. The Kier molecular flexibility index (Phi) is 5.35. The van der Waals surface area contributed by atoms with Gasteiger partial charge in [0, 0.05) is 24.0 Å². The van der Waals surface area contributed by atoms with Gasteiger partial charge in [0.2, 0.25) is 5.95 Å². The highest BCUT2D eigenvalue weighted by Gasteiger charge is 2.17. The van der Waals surface area contributed by atoms with E-state index < -0.39 is 28.9 Å². The molecular formula is C17H13FN6O4. The first kappa shape index (κ1) is 18.6. The number of nitro benzene ring substituents is 1. The number of carboxylic acid groups (broad SMARTS) is 1. The molecule has 0 saturated heterocycles. The molecule has 0 aliphatic heterocycles. The van der Waals surface area contributed by atoms with Crippen molar-refractivity contribution < 1.29 is 19.2 Å². The molecule has 0 atom stereocenters. The largest absolute Gasteiger partial charge is 0.480 e. The molecule has 0 bridgehead atoms. The molecule has 28 heavy (non-hydrogen) atoms. The van der Waals surface area contributed by atoms with Crippen LogP contribution in [0.1, 0.15) is 0 Å². The first-order valence-electron chi connectivity index (χ1n) is 7.88. The van der Waals surface area contributed by atoms with Crippen molar-refractivity contribution in [2.75, 3.05) is 17.2 Å². The van der Waals surface area contributed by atoms with Gasteiger partial charge in [0.15, 0.2) is 0 Å². The van der Waals surface area contributed by atoms with Crippen molar-refractivity contribution in [3.05, 3.63) is 64.7 Å². The topological polar surface area (TPSA) is 143 Å². The van der Waals surface area contributed by atoms with E-state index in [2.05, 4.69) is 25.6 Å². The zero-order chi connectivity index (χ0) is 20.1. The number of carbonyl (C=O) groups is 1. The second kappa shape index (κ2) is 8.03. The van der Waals surface area contributed by atoms with Crippen molar-refractivity contribution in [1.29, 1.82) is 0 Å². The Labute approximate surface area is 157 Å². The number of aliphatic carboxylic acids is 1. The average Bonchev–Trinajstić information content (AvgIpc) is 2.68. The fourth-order valence-corrected chi connectivity index (χ4v) is 2.31. The number of nitro groups is 1. The number of halogens is 1. The maximum atomic E-state index is 13.3. The maximum Gasteiger partial charge on any atom is 0.322 e. The van der Waals surface area contributed by atoms with Crippen molar-refractivity contribution in [3.8, 4) is 11.3 Å². The predicted molar refractivity (Wildman–Crippen MR) is 97.7 cm³/mol. The lowest BCUT2D eigenvalue weighted by atomic mass is 10.2. The number of pyridine rings is 1. The van der Waals surface area contributed by atoms with Gasteiger partial charge in [-0.05, 0) is 24.3 Å². The minimum absolute atomic E-state index is 0.00369. The molecule has 0 unspecified atom stereocenters. The van der Waals surface area contributed by atoms with Crippen LogP contribution in [-0.2, 0) is 4.79 Å². The standard InChI is InChI=1S/C17H13FN6O4/c18-11-3-4-12(14(6-11)24(27)28)21-15-7-13(10-2-1-5-19-8-10)22-17(23-15)20-9-16(25)26/h1-8H,9H2,(H,25,26)(H2,20,21,22,23). The van der Waals surface area contributed by atoms with Gasteiger partial charge in [-0.2, -0.15) is 4.98 Å². The Bertz CT molecular complexity index is 1030. The monoisotopic (exact) mass is 384 g/mol. The smallest absolute Gasteiger partial charge is 0.322 e. The summed E-state index contributed by atoms with van der Waals surface area (Å²) in [6.45, 7) is -0.424. The Balaban J connectivity index is 2.01. The summed E-state index contributed by atoms with van der Waals surface area (Å²) >= 11 is 0. The van der Waals surface area contributed by atoms with Gasteiger partial charge in [-0.25, -0.2) is 9.37 Å². The minimum Gasteiger partial charge on any atom is -0.480 e. The Morgan fingerprint density at radius 2 is 2.07 bits per heavy atom. The summed E-state index contributed by atoms with van der Waals surface area (Å²) in [4.78, 5) is 33.6. The highest BCUT2D eigenvalue weighted by atomic mass is 19.1. The van der Waals surface area contributed by atoms with Crippen molar-refractivity contribution in [3.63, 3.8) is 0 Å². The van der Waals surface area contributed by atoms with Crippen molar-refractivity contribution in [2.45, 2.75) is 0 Å². The summed E-state index contributed by atoms with van der Waals surface area (Å²) < 4.78 is 13.3. The highest BCUT2D eigenvalue weighted by Crippen LogP contribution is 2.29. The van der Waals surface area contributed by atoms with Gasteiger partial charge in [-0.15, -0.1) is 0 Å². The van der Waals surface area contributed by atoms with Gasteiger partial charge in [-0.3, -0.25) is 19.9 Å². The van der Waals surface area contributed by atoms with Crippen LogP contribution < -0.4 is 10.6 Å². The molecule has 0 amide bonds. The van der Waals surface area contributed by atoms with E-state index in [-0.39, 0.29) is 17.5 Å². The third-order valence-electron chi connectivity index (χ3n) is 3.50. The molecule has 0 aliphatic rings. The van der Waals surface area contributed by atoms with Gasteiger partial charge in [0.05, 0.1) is 16.7 Å². The van der Waals surface area contributed by atoms with E-state index in [9.17, 15) is 19.3 Å². The summed E-state index contributed by atoms with van der Waals surface area (Å²) in [6.07, 6.45) is 3.13. The quantitative estimate of drug-likeness (QED) is 0.414. The van der Waals surface area contributed by atoms with E-state index in [1.165, 1.54) is 12.1 Å². The van der Waals surface area contributed by atoms with Crippen LogP contribution >= 0.6 is 0 Å². The van der Waals surface area contributed by atoms with E-state index >= 15 is 0 Å². The van der Waals surface area contributed by atoms with Crippen LogP contribution in [0.2, 0.25) is 0 Å². The fraction of sp³-hybridized carbons (Fsp3) is 0.0588. The van der Waals surface area contributed by atoms with Crippen LogP contribution in [-0.4, -0.2) is 37.5 Å². The number of hydrogen-bond acceptors (Lipinski definition) is 8. The lowest BCUT2D eigenvalue weighted by Gasteiger charge is -2.11. The molecule has 10 nitrogen and oxygen atoms in total. The summed E-state index contributed by atoms with van der Waals surface area (Å²) in [7, 11) is 0. The van der Waals surface area contributed by atoms with Gasteiger partial charge in [-0.1, -0.05) is 0 Å². The van der Waals surface area contributed by atoms with E-state index in [0.29, 0.717) is 11.3 Å². The number of benzene rings is 1. The summed E-state index contributed by atoms with van der Waals surface area (Å²) in [6, 6.07) is 8.01. The number of nitrogens with zero attached hydrogens (tertiary/aromatic N) is 4. The first-order valence-corrected chi connectivity index (χ1v) is 7.88. The molecule has 0 saturated carbocycles. The number of rotatable bonds is 7. The van der Waals surface area contributed by atoms with Crippen LogP contribution in [0.25, 0.3) is 11.3 Å². The van der Waals surface area contributed by atoms with Crippen molar-refractivity contribution in [2.24, 2.45) is 0 Å². The SMILES string of the molecule is O=C(O)CNc1nc(Nc2ccc(F)cc2[N+](=O)[O-])cc(-c2cccnc2)n1. The van der Waals surface area contributed by atoms with Crippen LogP contribution in [0, 0.1) is 15.9 Å². The molecular weight excluding hydrogens is 371 g/mol. The van der Waals surface area contributed by atoms with E-state index in [1.54, 1.807) is 24.5 Å². The zero-order valence-electron chi connectivity index (χ0n) is 14.2. The maximum absolute atomic E-state index is 13.3. The Morgan fingerprint density at radius 3 is 2.75 bits per heavy atom. The first-order chi connectivity index (χ1) is 13.4.